The van der Waals surface area contributed by atoms with Crippen molar-refractivity contribution in [1.82, 2.24) is 15.3 Å². The molecule has 144 valence electrons. The first kappa shape index (κ1) is 20.9. The molecule has 0 radical (unpaired) electrons. The van der Waals surface area contributed by atoms with E-state index in [-0.39, 0.29) is 12.6 Å². The van der Waals surface area contributed by atoms with Gasteiger partial charge < -0.3 is 15.0 Å². The van der Waals surface area contributed by atoms with Crippen LogP contribution in [-0.4, -0.2) is 41.5 Å². The predicted molar refractivity (Wildman–Crippen MR) is 104 cm³/mol. The van der Waals surface area contributed by atoms with Gasteiger partial charge in [-0.3, -0.25) is 9.59 Å². The van der Waals surface area contributed by atoms with Crippen LogP contribution in [0.15, 0.2) is 36.7 Å². The van der Waals surface area contributed by atoms with Crippen molar-refractivity contribution in [2.75, 3.05) is 18.5 Å². The van der Waals surface area contributed by atoms with Crippen molar-refractivity contribution in [2.24, 2.45) is 0 Å². The molecule has 0 aliphatic rings. The van der Waals surface area contributed by atoms with E-state index in [4.69, 9.17) is 27.9 Å². The number of rotatable bonds is 7. The Morgan fingerprint density at radius 1 is 1.22 bits per heavy atom. The van der Waals surface area contributed by atoms with E-state index in [9.17, 15) is 9.59 Å². The molecule has 2 atom stereocenters. The molecule has 0 aliphatic carbocycles. The number of carbonyl (C=O) groups is 2. The highest BCUT2D eigenvalue weighted by molar-refractivity contribution is 6.35. The number of likely N-dealkylation sites (N-methyl/N-ethyl adjacent to an activating group) is 1. The molecule has 2 unspecified atom stereocenters. The molecule has 9 heteroatoms. The maximum absolute atomic E-state index is 12.3. The minimum atomic E-state index is -0.962. The van der Waals surface area contributed by atoms with E-state index in [2.05, 4.69) is 15.3 Å². The Labute approximate surface area is 167 Å². The van der Waals surface area contributed by atoms with Gasteiger partial charge in [0.05, 0.1) is 6.04 Å². The van der Waals surface area contributed by atoms with Gasteiger partial charge in [0.25, 0.3) is 5.91 Å². The summed E-state index contributed by atoms with van der Waals surface area (Å²) in [6.07, 6.45) is 2.18. The third-order valence-corrected chi connectivity index (χ3v) is 4.29. The maximum atomic E-state index is 12.3. The second-order valence-corrected chi connectivity index (χ2v) is 6.78. The molecule has 0 fully saturated rings. The van der Waals surface area contributed by atoms with Gasteiger partial charge in [0.15, 0.2) is 6.10 Å². The molecule has 1 N–H and O–H groups in total. The Morgan fingerprint density at radius 2 is 1.89 bits per heavy atom. The molecular formula is C18H20Cl2N4O3. The lowest BCUT2D eigenvalue weighted by Crippen LogP contribution is -2.39. The van der Waals surface area contributed by atoms with Crippen LogP contribution < -0.4 is 10.2 Å². The number of anilines is 1. The van der Waals surface area contributed by atoms with Crippen molar-refractivity contribution < 1.29 is 14.3 Å². The second-order valence-electron chi connectivity index (χ2n) is 5.93. The molecule has 27 heavy (non-hydrogen) atoms. The highest BCUT2D eigenvalue weighted by Crippen LogP contribution is 2.26. The topological polar surface area (TPSA) is 84.4 Å². The van der Waals surface area contributed by atoms with Crippen molar-refractivity contribution in [3.63, 3.8) is 0 Å². The Hall–Kier alpha value is -2.38. The van der Waals surface area contributed by atoms with Crippen molar-refractivity contribution in [1.29, 1.82) is 0 Å². The third kappa shape index (κ3) is 6.08. The Kier molecular flexibility index (Phi) is 7.38. The quantitative estimate of drug-likeness (QED) is 0.706. The zero-order chi connectivity index (χ0) is 20.0. The first-order valence-electron chi connectivity index (χ1n) is 8.21. The molecule has 2 aromatic rings. The van der Waals surface area contributed by atoms with Gasteiger partial charge in [0, 0.05) is 29.5 Å². The van der Waals surface area contributed by atoms with E-state index in [0.717, 1.165) is 0 Å². The van der Waals surface area contributed by atoms with E-state index in [0.29, 0.717) is 21.6 Å². The molecule has 0 spiro atoms. The molecule has 0 saturated heterocycles. The minimum absolute atomic E-state index is 0.0831. The van der Waals surface area contributed by atoms with E-state index in [1.54, 1.807) is 50.6 Å². The number of esters is 1. The highest BCUT2D eigenvalue weighted by Gasteiger charge is 2.22. The fourth-order valence-corrected chi connectivity index (χ4v) is 2.87. The lowest BCUT2D eigenvalue weighted by molar-refractivity contribution is -0.153. The van der Waals surface area contributed by atoms with E-state index >= 15 is 0 Å². The summed E-state index contributed by atoms with van der Waals surface area (Å²) < 4.78 is 5.19. The van der Waals surface area contributed by atoms with Gasteiger partial charge in [0.1, 0.15) is 6.54 Å². The number of nitrogens with one attached hydrogen (secondary N) is 1. The maximum Gasteiger partial charge on any atom is 0.326 e. The minimum Gasteiger partial charge on any atom is -0.451 e. The van der Waals surface area contributed by atoms with E-state index in [1.165, 1.54) is 11.8 Å². The smallest absolute Gasteiger partial charge is 0.326 e. The summed E-state index contributed by atoms with van der Waals surface area (Å²) in [6.45, 7) is 3.20. The van der Waals surface area contributed by atoms with E-state index < -0.39 is 18.0 Å². The van der Waals surface area contributed by atoms with Gasteiger partial charge in [0.2, 0.25) is 5.95 Å². The summed E-state index contributed by atoms with van der Waals surface area (Å²) in [6, 6.07) is 6.34. The zero-order valence-electron chi connectivity index (χ0n) is 15.1. The standard InChI is InChI=1S/C18H20Cl2N4O3/c1-11(14-6-5-13(19)9-15(14)20)23-17(26)12(2)27-16(25)10-24(3)18-21-7-4-8-22-18/h4-9,11-12H,10H2,1-3H3,(H,23,26). The third-order valence-electron chi connectivity index (χ3n) is 3.73. The summed E-state index contributed by atoms with van der Waals surface area (Å²) in [7, 11) is 1.66. The van der Waals surface area contributed by atoms with Gasteiger partial charge in [-0.25, -0.2) is 9.97 Å². The van der Waals surface area contributed by atoms with Crippen LogP contribution in [0.2, 0.25) is 10.0 Å². The molecule has 1 heterocycles. The van der Waals surface area contributed by atoms with Gasteiger partial charge >= 0.3 is 5.97 Å². The van der Waals surface area contributed by atoms with Gasteiger partial charge in [-0.15, -0.1) is 0 Å². The average Bonchev–Trinajstić information content (AvgIpc) is 2.61. The number of carbonyl (C=O) groups excluding carboxylic acids is 2. The van der Waals surface area contributed by atoms with Crippen molar-refractivity contribution in [3.8, 4) is 0 Å². The van der Waals surface area contributed by atoms with Crippen LogP contribution in [0.1, 0.15) is 25.5 Å². The van der Waals surface area contributed by atoms with Crippen LogP contribution >= 0.6 is 23.2 Å². The number of amides is 1. The molecular weight excluding hydrogens is 391 g/mol. The zero-order valence-corrected chi connectivity index (χ0v) is 16.7. The fraction of sp³-hybridized carbons (Fsp3) is 0.333. The fourth-order valence-electron chi connectivity index (χ4n) is 2.30. The average molecular weight is 411 g/mol. The number of aromatic nitrogens is 2. The lowest BCUT2D eigenvalue weighted by Gasteiger charge is -2.20. The summed E-state index contributed by atoms with van der Waals surface area (Å²) in [4.78, 5) is 34.0. The number of hydrogen-bond acceptors (Lipinski definition) is 6. The first-order valence-corrected chi connectivity index (χ1v) is 8.96. The normalized spacial score (nSPS) is 12.8. The molecule has 7 nitrogen and oxygen atoms in total. The van der Waals surface area contributed by atoms with Crippen molar-refractivity contribution in [2.45, 2.75) is 26.0 Å². The van der Waals surface area contributed by atoms with Crippen LogP contribution in [0.3, 0.4) is 0 Å². The van der Waals surface area contributed by atoms with Gasteiger partial charge in [-0.1, -0.05) is 29.3 Å². The summed E-state index contributed by atoms with van der Waals surface area (Å²) >= 11 is 12.0. The molecule has 1 aromatic heterocycles. The van der Waals surface area contributed by atoms with Gasteiger partial charge in [-0.05, 0) is 37.6 Å². The summed E-state index contributed by atoms with van der Waals surface area (Å²) in [5.41, 5.74) is 0.717. The van der Waals surface area contributed by atoms with Crippen LogP contribution in [0.4, 0.5) is 5.95 Å². The summed E-state index contributed by atoms with van der Waals surface area (Å²) in [5, 5.41) is 3.72. The Balaban J connectivity index is 1.88. The SMILES string of the molecule is CC(OC(=O)CN(C)c1ncccn1)C(=O)NC(C)c1ccc(Cl)cc1Cl. The number of benzene rings is 1. The Bertz CT molecular complexity index is 804. The predicted octanol–water partition coefficient (Wildman–Crippen LogP) is 3.03. The van der Waals surface area contributed by atoms with E-state index in [1.807, 2.05) is 0 Å². The molecule has 0 bridgehead atoms. The number of ether oxygens (including phenoxy) is 1. The monoisotopic (exact) mass is 410 g/mol. The van der Waals surface area contributed by atoms with Crippen LogP contribution in [0, 0.1) is 0 Å². The van der Waals surface area contributed by atoms with Crippen LogP contribution in [0.5, 0.6) is 0 Å². The van der Waals surface area contributed by atoms with Gasteiger partial charge in [-0.2, -0.15) is 0 Å². The molecule has 1 aromatic carbocycles. The molecule has 2 rings (SSSR count). The highest BCUT2D eigenvalue weighted by atomic mass is 35.5. The molecule has 0 saturated carbocycles. The molecule has 1 amide bonds. The Morgan fingerprint density at radius 3 is 2.52 bits per heavy atom. The van der Waals surface area contributed by atoms with Crippen LogP contribution in [0.25, 0.3) is 0 Å². The molecule has 0 aliphatic heterocycles. The number of nitrogens with zero attached hydrogens (tertiary/aromatic N) is 3. The largest absolute Gasteiger partial charge is 0.451 e. The number of halogens is 2. The first-order chi connectivity index (χ1) is 12.8. The lowest BCUT2D eigenvalue weighted by atomic mass is 10.1. The summed E-state index contributed by atoms with van der Waals surface area (Å²) in [5.74, 6) is -0.609. The van der Waals surface area contributed by atoms with Crippen molar-refractivity contribution >= 4 is 41.0 Å². The van der Waals surface area contributed by atoms with Crippen molar-refractivity contribution in [3.05, 3.63) is 52.3 Å². The second kappa shape index (κ2) is 9.53. The van der Waals surface area contributed by atoms with Crippen LogP contribution in [-0.2, 0) is 14.3 Å². The number of hydrogen-bond donors (Lipinski definition) is 1.